The van der Waals surface area contributed by atoms with E-state index in [1.165, 1.54) is 12.1 Å². The van der Waals surface area contributed by atoms with Crippen LogP contribution in [0.25, 0.3) is 11.4 Å². The third-order valence-electron chi connectivity index (χ3n) is 3.57. The van der Waals surface area contributed by atoms with Crippen LogP contribution in [-0.2, 0) is 11.3 Å². The summed E-state index contributed by atoms with van der Waals surface area (Å²) in [5.41, 5.74) is 7.26. The summed E-state index contributed by atoms with van der Waals surface area (Å²) in [7, 11) is 0. The number of nitro groups is 1. The molecule has 0 aliphatic heterocycles. The summed E-state index contributed by atoms with van der Waals surface area (Å²) < 4.78 is 10.1. The van der Waals surface area contributed by atoms with Crippen molar-refractivity contribution in [2.24, 2.45) is 0 Å². The summed E-state index contributed by atoms with van der Waals surface area (Å²) in [5, 5.41) is 14.6. The number of non-ortho nitro benzene ring substituents is 1. The van der Waals surface area contributed by atoms with Crippen molar-refractivity contribution in [2.75, 3.05) is 5.73 Å². The third kappa shape index (κ3) is 3.66. The zero-order valence-electron chi connectivity index (χ0n) is 13.7. The molecule has 3 aromatic rings. The molecule has 1 heterocycles. The molecule has 0 fully saturated rings. The molecule has 0 unspecified atom stereocenters. The fraction of sp³-hybridized carbons (Fsp3) is 0.118. The van der Waals surface area contributed by atoms with Crippen LogP contribution in [0.1, 0.15) is 21.8 Å². The molecule has 132 valence electrons. The van der Waals surface area contributed by atoms with E-state index in [0.717, 1.165) is 17.2 Å². The number of carbonyl (C=O) groups is 1. The second-order valence-corrected chi connectivity index (χ2v) is 5.48. The minimum absolute atomic E-state index is 0.0754. The Morgan fingerprint density at radius 3 is 2.69 bits per heavy atom. The number of aryl methyl sites for hydroxylation is 1. The van der Waals surface area contributed by atoms with E-state index < -0.39 is 10.9 Å². The Bertz CT molecular complexity index is 966. The van der Waals surface area contributed by atoms with Gasteiger partial charge in [0.2, 0.25) is 5.82 Å². The van der Waals surface area contributed by atoms with Gasteiger partial charge in [-0.1, -0.05) is 35.0 Å². The molecule has 26 heavy (non-hydrogen) atoms. The van der Waals surface area contributed by atoms with Crippen LogP contribution in [0.4, 0.5) is 11.4 Å². The van der Waals surface area contributed by atoms with Crippen LogP contribution >= 0.6 is 0 Å². The molecule has 2 aromatic carbocycles. The lowest BCUT2D eigenvalue weighted by Crippen LogP contribution is -2.09. The molecule has 0 atom stereocenters. The van der Waals surface area contributed by atoms with Crippen LogP contribution in [0.15, 0.2) is 47.0 Å². The molecular weight excluding hydrogens is 340 g/mol. The lowest BCUT2D eigenvalue weighted by molar-refractivity contribution is -0.384. The van der Waals surface area contributed by atoms with Gasteiger partial charge in [-0.15, -0.1) is 0 Å². The molecule has 9 heteroatoms. The number of carbonyl (C=O) groups excluding carboxylic acids is 1. The van der Waals surface area contributed by atoms with Crippen LogP contribution in [0.5, 0.6) is 0 Å². The van der Waals surface area contributed by atoms with Crippen molar-refractivity contribution in [3.05, 3.63) is 69.6 Å². The molecule has 3 rings (SSSR count). The number of rotatable bonds is 5. The molecule has 0 spiro atoms. The highest BCUT2D eigenvalue weighted by Crippen LogP contribution is 2.21. The van der Waals surface area contributed by atoms with Crippen molar-refractivity contribution in [3.8, 4) is 11.4 Å². The predicted octanol–water partition coefficient (Wildman–Crippen LogP) is 2.89. The summed E-state index contributed by atoms with van der Waals surface area (Å²) >= 11 is 0. The van der Waals surface area contributed by atoms with E-state index in [-0.39, 0.29) is 29.4 Å². The van der Waals surface area contributed by atoms with E-state index in [9.17, 15) is 14.9 Å². The number of esters is 1. The van der Waals surface area contributed by atoms with E-state index in [2.05, 4.69) is 10.1 Å². The maximum Gasteiger partial charge on any atom is 0.341 e. The van der Waals surface area contributed by atoms with Gasteiger partial charge in [-0.3, -0.25) is 10.1 Å². The van der Waals surface area contributed by atoms with Crippen molar-refractivity contribution in [3.63, 3.8) is 0 Å². The van der Waals surface area contributed by atoms with Gasteiger partial charge in [-0.05, 0) is 13.0 Å². The van der Waals surface area contributed by atoms with Gasteiger partial charge in [0.05, 0.1) is 10.5 Å². The number of benzene rings is 2. The number of nitro benzene ring substituents is 1. The van der Waals surface area contributed by atoms with E-state index >= 15 is 0 Å². The van der Waals surface area contributed by atoms with Crippen LogP contribution in [0, 0.1) is 17.0 Å². The summed E-state index contributed by atoms with van der Waals surface area (Å²) in [6, 6.07) is 11.1. The Balaban J connectivity index is 1.70. The molecule has 0 amide bonds. The van der Waals surface area contributed by atoms with Gasteiger partial charge in [0.1, 0.15) is 0 Å². The maximum absolute atomic E-state index is 12.1. The molecule has 9 nitrogen and oxygen atoms in total. The largest absolute Gasteiger partial charge is 0.452 e. The van der Waals surface area contributed by atoms with Crippen LogP contribution in [0.3, 0.4) is 0 Å². The molecule has 0 saturated carbocycles. The number of aromatic nitrogens is 2. The highest BCUT2D eigenvalue weighted by Gasteiger charge is 2.18. The first-order valence-corrected chi connectivity index (χ1v) is 7.54. The Hall–Kier alpha value is -3.75. The summed E-state index contributed by atoms with van der Waals surface area (Å²) in [5.74, 6) is -0.356. The number of nitrogens with two attached hydrogens (primary N) is 1. The number of nitrogens with zero attached hydrogens (tertiary/aromatic N) is 3. The normalized spacial score (nSPS) is 10.5. The highest BCUT2D eigenvalue weighted by molar-refractivity contribution is 5.95. The standard InChI is InChI=1S/C17H14N4O5/c1-10-2-4-11(5-3-10)16-19-15(26-20-16)9-25-17(22)13-8-12(21(23)24)6-7-14(13)18/h2-8H,9,18H2,1H3. The van der Waals surface area contributed by atoms with Gasteiger partial charge in [-0.25, -0.2) is 4.79 Å². The molecule has 0 aliphatic carbocycles. The second kappa shape index (κ2) is 7.01. The topological polar surface area (TPSA) is 134 Å². The number of hydrogen-bond donors (Lipinski definition) is 1. The first-order valence-electron chi connectivity index (χ1n) is 7.54. The lowest BCUT2D eigenvalue weighted by Gasteiger charge is -2.04. The SMILES string of the molecule is Cc1ccc(-c2noc(COC(=O)c3cc([N+](=O)[O-])ccc3N)n2)cc1. The van der Waals surface area contributed by atoms with E-state index in [1.54, 1.807) is 0 Å². The van der Waals surface area contributed by atoms with Gasteiger partial charge in [0.25, 0.3) is 11.6 Å². The Morgan fingerprint density at radius 2 is 2.00 bits per heavy atom. The molecule has 2 N–H and O–H groups in total. The van der Waals surface area contributed by atoms with Crippen molar-refractivity contribution in [2.45, 2.75) is 13.5 Å². The lowest BCUT2D eigenvalue weighted by atomic mass is 10.1. The van der Waals surface area contributed by atoms with Gasteiger partial charge in [-0.2, -0.15) is 4.98 Å². The number of nitrogen functional groups attached to an aromatic ring is 1. The average Bonchev–Trinajstić information content (AvgIpc) is 3.09. The first kappa shape index (κ1) is 17.1. The zero-order chi connectivity index (χ0) is 18.7. The van der Waals surface area contributed by atoms with Crippen molar-refractivity contribution < 1.29 is 19.0 Å². The monoisotopic (exact) mass is 354 g/mol. The predicted molar refractivity (Wildman–Crippen MR) is 91.1 cm³/mol. The Morgan fingerprint density at radius 1 is 1.27 bits per heavy atom. The van der Waals surface area contributed by atoms with Crippen LogP contribution in [-0.4, -0.2) is 21.0 Å². The fourth-order valence-corrected chi connectivity index (χ4v) is 2.17. The number of hydrogen-bond acceptors (Lipinski definition) is 8. The van der Waals surface area contributed by atoms with Gasteiger partial charge in [0, 0.05) is 23.4 Å². The fourth-order valence-electron chi connectivity index (χ4n) is 2.17. The smallest absolute Gasteiger partial charge is 0.341 e. The Labute approximate surface area is 147 Å². The molecule has 0 saturated heterocycles. The van der Waals surface area contributed by atoms with E-state index in [0.29, 0.717) is 5.82 Å². The van der Waals surface area contributed by atoms with Gasteiger partial charge < -0.3 is 15.0 Å². The average molecular weight is 354 g/mol. The molecule has 0 radical (unpaired) electrons. The number of anilines is 1. The second-order valence-electron chi connectivity index (χ2n) is 5.48. The van der Waals surface area contributed by atoms with E-state index in [1.807, 2.05) is 31.2 Å². The van der Waals surface area contributed by atoms with Gasteiger partial charge in [0.15, 0.2) is 6.61 Å². The third-order valence-corrected chi connectivity index (χ3v) is 3.57. The quantitative estimate of drug-likeness (QED) is 0.320. The maximum atomic E-state index is 12.1. The zero-order valence-corrected chi connectivity index (χ0v) is 13.7. The van der Waals surface area contributed by atoms with Crippen LogP contribution < -0.4 is 5.73 Å². The molecule has 1 aromatic heterocycles. The van der Waals surface area contributed by atoms with Crippen molar-refractivity contribution >= 4 is 17.3 Å². The van der Waals surface area contributed by atoms with E-state index in [4.69, 9.17) is 15.0 Å². The summed E-state index contributed by atoms with van der Waals surface area (Å²) in [6.45, 7) is 1.68. The summed E-state index contributed by atoms with van der Waals surface area (Å²) in [4.78, 5) is 26.4. The summed E-state index contributed by atoms with van der Waals surface area (Å²) in [6.07, 6.45) is 0. The van der Waals surface area contributed by atoms with Gasteiger partial charge >= 0.3 is 5.97 Å². The van der Waals surface area contributed by atoms with Crippen molar-refractivity contribution in [1.29, 1.82) is 0 Å². The minimum atomic E-state index is -0.818. The highest BCUT2D eigenvalue weighted by atomic mass is 16.6. The van der Waals surface area contributed by atoms with Crippen molar-refractivity contribution in [1.82, 2.24) is 10.1 Å². The molecule has 0 aliphatic rings. The number of ether oxygens (including phenoxy) is 1. The first-order chi connectivity index (χ1) is 12.4. The Kier molecular flexibility index (Phi) is 4.61. The molecular formula is C17H14N4O5. The minimum Gasteiger partial charge on any atom is -0.452 e. The van der Waals surface area contributed by atoms with Crippen LogP contribution in [0.2, 0.25) is 0 Å². The molecule has 0 bridgehead atoms.